The van der Waals surface area contributed by atoms with Crippen molar-refractivity contribution in [2.45, 2.75) is 46.0 Å². The van der Waals surface area contributed by atoms with Gasteiger partial charge < -0.3 is 0 Å². The quantitative estimate of drug-likeness (QED) is 0.504. The van der Waals surface area contributed by atoms with Crippen LogP contribution in [0.3, 0.4) is 0 Å². The van der Waals surface area contributed by atoms with E-state index in [9.17, 15) is 14.7 Å². The van der Waals surface area contributed by atoms with Gasteiger partial charge in [0.2, 0.25) is 0 Å². The predicted octanol–water partition coefficient (Wildman–Crippen LogP) is 3.67. The Kier molecular flexibility index (Phi) is 6.17. The van der Waals surface area contributed by atoms with E-state index in [1.54, 1.807) is 42.5 Å². The fourth-order valence-corrected chi connectivity index (χ4v) is 5.09. The zero-order valence-electron chi connectivity index (χ0n) is 14.6. The molecule has 4 heteroatoms. The molecule has 24 heavy (non-hydrogen) atoms. The van der Waals surface area contributed by atoms with Gasteiger partial charge in [-0.15, -0.1) is 0 Å². The monoisotopic (exact) mass is 348 g/mol. The molecule has 0 amide bonds. The van der Waals surface area contributed by atoms with Gasteiger partial charge in [-0.1, -0.05) is 0 Å². The van der Waals surface area contributed by atoms with Gasteiger partial charge in [-0.05, 0) is 0 Å². The van der Waals surface area contributed by atoms with Crippen molar-refractivity contribution in [2.24, 2.45) is 5.92 Å². The van der Waals surface area contributed by atoms with E-state index in [1.807, 2.05) is 12.1 Å². The Bertz CT molecular complexity index is 645. The van der Waals surface area contributed by atoms with Gasteiger partial charge >= 0.3 is 145 Å². The first-order valence-electron chi connectivity index (χ1n) is 8.70. The number of hydrogen-bond acceptors (Lipinski definition) is 3. The minimum absolute atomic E-state index is 0.177. The molecule has 0 fully saturated rings. The molecule has 0 unspecified atom stereocenters. The summed E-state index contributed by atoms with van der Waals surface area (Å²) in [5, 5.41) is 0.439. The van der Waals surface area contributed by atoms with Crippen LogP contribution in [0.25, 0.3) is 0 Å². The van der Waals surface area contributed by atoms with Crippen LogP contribution >= 0.6 is 7.28 Å². The van der Waals surface area contributed by atoms with Crippen molar-refractivity contribution >= 4 is 17.9 Å². The summed E-state index contributed by atoms with van der Waals surface area (Å²) in [4.78, 5) is 32.5. The molecule has 3 N–H and O–H groups in total. The molecule has 0 saturated carbocycles. The topological polar surface area (TPSA) is 60.7 Å². The molecule has 0 atom stereocenters. The summed E-state index contributed by atoms with van der Waals surface area (Å²) in [6.07, 6.45) is 5.21. The zero-order chi connectivity index (χ0) is 17.7. The van der Waals surface area contributed by atoms with Gasteiger partial charge in [-0.25, -0.2) is 0 Å². The van der Waals surface area contributed by atoms with Crippen LogP contribution in [0.4, 0.5) is 0 Å². The van der Waals surface area contributed by atoms with Crippen molar-refractivity contribution < 1.29 is 14.7 Å². The average molecular weight is 348 g/mol. The molecular weight excluding hydrogens is 319 g/mol. The van der Waals surface area contributed by atoms with Crippen LogP contribution in [0.5, 0.6) is 0 Å². The van der Waals surface area contributed by atoms with Crippen LogP contribution in [0, 0.1) is 5.92 Å². The maximum absolute atomic E-state index is 10.8. The molecule has 0 aliphatic rings. The van der Waals surface area contributed by atoms with E-state index >= 15 is 0 Å². The molecule has 3 nitrogen and oxygen atoms in total. The molecule has 0 aliphatic carbocycles. The van der Waals surface area contributed by atoms with Crippen LogP contribution in [0.2, 0.25) is 0 Å². The third kappa shape index (κ3) is 4.64. The van der Waals surface area contributed by atoms with E-state index in [1.165, 1.54) is 12.8 Å². The van der Waals surface area contributed by atoms with Crippen LogP contribution in [0.15, 0.2) is 54.6 Å². The van der Waals surface area contributed by atoms with Gasteiger partial charge in [0, 0.05) is 0 Å². The molecule has 0 saturated heterocycles. The van der Waals surface area contributed by atoms with Gasteiger partial charge in [-0.2, -0.15) is 0 Å². The van der Waals surface area contributed by atoms with Crippen molar-refractivity contribution in [1.29, 1.82) is 0 Å². The number of benzene rings is 2. The Hall–Kier alpha value is -1.25. The minimum atomic E-state index is -5.07. The van der Waals surface area contributed by atoms with Gasteiger partial charge in [0.05, 0.1) is 0 Å². The number of hydrogen-bond donors (Lipinski definition) is 3. The molecule has 0 aromatic heterocycles. The van der Waals surface area contributed by atoms with Gasteiger partial charge in [0.15, 0.2) is 0 Å². The molecule has 2 aromatic rings. The summed E-state index contributed by atoms with van der Waals surface area (Å²) >= 11 is 0. The molecule has 132 valence electrons. The maximum atomic E-state index is 10.8. The van der Waals surface area contributed by atoms with E-state index in [2.05, 4.69) is 13.8 Å². The Morgan fingerprint density at radius 1 is 0.792 bits per heavy atom. The second-order valence-electron chi connectivity index (χ2n) is 6.94. The molecule has 0 bridgehead atoms. The third-order valence-corrected chi connectivity index (χ3v) is 6.97. The van der Waals surface area contributed by atoms with Crippen LogP contribution < -0.4 is 10.6 Å². The predicted molar refractivity (Wildman–Crippen MR) is 103 cm³/mol. The third-order valence-electron chi connectivity index (χ3n) is 4.39. The van der Waals surface area contributed by atoms with Crippen LogP contribution in [-0.2, 0) is 6.42 Å². The first-order valence-corrected chi connectivity index (χ1v) is 10.8. The Morgan fingerprint density at radius 3 is 2.08 bits per heavy atom. The summed E-state index contributed by atoms with van der Waals surface area (Å²) in [5.74, 6) is 0.713. The van der Waals surface area contributed by atoms with E-state index in [0.717, 1.165) is 24.8 Å². The molecular formula is C20H29O3P. The fraction of sp³-hybridized carbons (Fsp3) is 0.400. The van der Waals surface area contributed by atoms with E-state index in [0.29, 0.717) is 5.92 Å². The summed E-state index contributed by atoms with van der Waals surface area (Å²) in [6.45, 7) is 4.45. The molecule has 0 aliphatic heterocycles. The average Bonchev–Trinajstić information content (AvgIpc) is 2.55. The Labute approximate surface area is 145 Å². The summed E-state index contributed by atoms with van der Waals surface area (Å²) in [6, 6.07) is 15.5. The normalized spacial score (nSPS) is 13.7. The molecule has 0 radical (unpaired) electrons. The van der Waals surface area contributed by atoms with Crippen molar-refractivity contribution in [3.05, 3.63) is 60.2 Å². The van der Waals surface area contributed by atoms with E-state index < -0.39 is 7.28 Å². The first-order chi connectivity index (χ1) is 11.3. The van der Waals surface area contributed by atoms with Crippen molar-refractivity contribution in [3.8, 4) is 0 Å². The van der Waals surface area contributed by atoms with E-state index in [-0.39, 0.29) is 10.6 Å². The van der Waals surface area contributed by atoms with Crippen molar-refractivity contribution in [2.75, 3.05) is 0 Å². The second-order valence-corrected chi connectivity index (χ2v) is 9.90. The number of unbranched alkanes of at least 4 members (excludes halogenated alkanes) is 2. The first kappa shape index (κ1) is 19.1. The molecule has 0 heterocycles. The molecule has 2 aromatic carbocycles. The second kappa shape index (κ2) is 7.76. The van der Waals surface area contributed by atoms with Crippen molar-refractivity contribution in [3.63, 3.8) is 0 Å². The Balaban J connectivity index is 2.19. The van der Waals surface area contributed by atoms with Gasteiger partial charge in [-0.3, -0.25) is 0 Å². The van der Waals surface area contributed by atoms with Gasteiger partial charge in [0.25, 0.3) is 0 Å². The summed E-state index contributed by atoms with van der Waals surface area (Å²) < 4.78 is 0. The number of rotatable bonds is 8. The standard InChI is InChI=1S/C20H29O3P/c1-17(2)11-5-3-6-12-18-13-9-10-16-20(18)24(21,22,23)19-14-7-4-8-15-19/h4,7-10,13-17,21-23H,3,5-6,11-12H2,1-2H3. The van der Waals surface area contributed by atoms with Gasteiger partial charge in [0.1, 0.15) is 0 Å². The van der Waals surface area contributed by atoms with Crippen molar-refractivity contribution in [1.82, 2.24) is 0 Å². The zero-order valence-corrected chi connectivity index (χ0v) is 15.5. The summed E-state index contributed by atoms with van der Waals surface area (Å²) in [5.41, 5.74) is 0.816. The summed E-state index contributed by atoms with van der Waals surface area (Å²) in [7, 11) is -5.07. The van der Waals surface area contributed by atoms with Crippen LogP contribution in [-0.4, -0.2) is 14.7 Å². The van der Waals surface area contributed by atoms with E-state index in [4.69, 9.17) is 0 Å². The van der Waals surface area contributed by atoms with Crippen LogP contribution in [0.1, 0.15) is 45.1 Å². The SMILES string of the molecule is CC(C)CCCCCc1ccccc1P(O)(O)(O)c1ccccc1. The molecule has 0 spiro atoms. The fourth-order valence-electron chi connectivity index (χ4n) is 3.01. The molecule has 2 rings (SSSR count). The Morgan fingerprint density at radius 2 is 1.42 bits per heavy atom. The number of aryl methyl sites for hydroxylation is 1.